The van der Waals surface area contributed by atoms with Gasteiger partial charge in [0.2, 0.25) is 0 Å². The van der Waals surface area contributed by atoms with Crippen LogP contribution in [0.4, 0.5) is 0 Å². The Labute approximate surface area is 103 Å². The molecule has 0 radical (unpaired) electrons. The molecule has 3 heteroatoms. The van der Waals surface area contributed by atoms with Crippen molar-refractivity contribution in [2.45, 2.75) is 6.92 Å². The molecular formula is C14H10O2S. The first kappa shape index (κ1) is 10.3. The average Bonchev–Trinajstić information content (AvgIpc) is 2.82. The molecule has 1 aliphatic rings. The van der Waals surface area contributed by atoms with Crippen LogP contribution in [0.2, 0.25) is 0 Å². The van der Waals surface area contributed by atoms with Crippen molar-refractivity contribution in [2.75, 3.05) is 0 Å². The molecule has 0 fully saturated rings. The van der Waals surface area contributed by atoms with Crippen LogP contribution in [0.25, 0.3) is 16.0 Å². The third kappa shape index (κ3) is 1.51. The molecule has 1 aliphatic carbocycles. The molecule has 0 amide bonds. The summed E-state index contributed by atoms with van der Waals surface area (Å²) in [5.41, 5.74) is 5.20. The summed E-state index contributed by atoms with van der Waals surface area (Å²) in [6.45, 7) is 2.02. The summed E-state index contributed by atoms with van der Waals surface area (Å²) in [7, 11) is 0. The minimum absolute atomic E-state index is 0.826. The monoisotopic (exact) mass is 242 g/mol. The van der Waals surface area contributed by atoms with E-state index in [0.717, 1.165) is 27.8 Å². The summed E-state index contributed by atoms with van der Waals surface area (Å²) < 4.78 is 0. The number of fused-ring (bicyclic) bond motifs is 3. The van der Waals surface area contributed by atoms with Gasteiger partial charge in [-0.25, -0.2) is 4.79 Å². The van der Waals surface area contributed by atoms with Gasteiger partial charge in [-0.05, 0) is 29.5 Å². The van der Waals surface area contributed by atoms with Crippen LogP contribution in [0.5, 0.6) is 0 Å². The van der Waals surface area contributed by atoms with E-state index in [4.69, 9.17) is 5.11 Å². The Kier molecular flexibility index (Phi) is 2.16. The largest absolute Gasteiger partial charge is 0.478 e. The lowest BCUT2D eigenvalue weighted by Crippen LogP contribution is -1.91. The predicted octanol–water partition coefficient (Wildman–Crippen LogP) is 3.55. The number of carboxylic acid groups (broad SMARTS) is 1. The van der Waals surface area contributed by atoms with Crippen molar-refractivity contribution < 1.29 is 9.90 Å². The lowest BCUT2D eigenvalue weighted by molar-refractivity contribution is -0.131. The number of rotatable bonds is 1. The van der Waals surface area contributed by atoms with Crippen LogP contribution in [0.3, 0.4) is 0 Å². The molecule has 2 nitrogen and oxygen atoms in total. The zero-order chi connectivity index (χ0) is 12.0. The highest BCUT2D eigenvalue weighted by atomic mass is 32.1. The van der Waals surface area contributed by atoms with E-state index < -0.39 is 5.97 Å². The van der Waals surface area contributed by atoms with E-state index in [9.17, 15) is 4.79 Å². The van der Waals surface area contributed by atoms with Crippen LogP contribution in [0, 0.1) is 6.92 Å². The summed E-state index contributed by atoms with van der Waals surface area (Å²) in [5, 5.41) is 11.0. The zero-order valence-corrected chi connectivity index (χ0v) is 10.0. The van der Waals surface area contributed by atoms with Gasteiger partial charge in [0.05, 0.1) is 0 Å². The minimum Gasteiger partial charge on any atom is -0.478 e. The highest BCUT2D eigenvalue weighted by Gasteiger charge is 2.25. The molecule has 1 aromatic carbocycles. The lowest BCUT2D eigenvalue weighted by Gasteiger charge is -2.02. The Morgan fingerprint density at radius 1 is 1.24 bits per heavy atom. The zero-order valence-electron chi connectivity index (χ0n) is 9.23. The number of thiophene rings is 1. The van der Waals surface area contributed by atoms with E-state index in [1.165, 1.54) is 11.0 Å². The van der Waals surface area contributed by atoms with Crippen molar-refractivity contribution in [2.24, 2.45) is 0 Å². The van der Waals surface area contributed by atoms with Gasteiger partial charge in [-0.15, -0.1) is 11.3 Å². The van der Waals surface area contributed by atoms with Crippen LogP contribution in [-0.2, 0) is 4.79 Å². The Morgan fingerprint density at radius 2 is 2.06 bits per heavy atom. The molecule has 1 aromatic heterocycles. The van der Waals surface area contributed by atoms with E-state index >= 15 is 0 Å². The van der Waals surface area contributed by atoms with Crippen molar-refractivity contribution in [1.82, 2.24) is 0 Å². The first-order valence-electron chi connectivity index (χ1n) is 5.30. The van der Waals surface area contributed by atoms with E-state index in [0.29, 0.717) is 0 Å². The molecule has 0 saturated heterocycles. The van der Waals surface area contributed by atoms with Gasteiger partial charge in [0.1, 0.15) is 0 Å². The minimum atomic E-state index is -0.897. The molecule has 3 rings (SSSR count). The molecular weight excluding hydrogens is 232 g/mol. The number of benzene rings is 1. The second-order valence-corrected chi connectivity index (χ2v) is 5.02. The Bertz CT molecular complexity index is 650. The highest BCUT2D eigenvalue weighted by Crippen LogP contribution is 2.47. The summed E-state index contributed by atoms with van der Waals surface area (Å²) in [5.74, 6) is -0.897. The average molecular weight is 242 g/mol. The second-order valence-electron chi connectivity index (χ2n) is 4.11. The van der Waals surface area contributed by atoms with Crippen LogP contribution < -0.4 is 0 Å². The van der Waals surface area contributed by atoms with Gasteiger partial charge in [0, 0.05) is 22.1 Å². The number of hydrogen-bond donors (Lipinski definition) is 1. The fourth-order valence-corrected chi connectivity index (χ4v) is 3.18. The third-order valence-electron chi connectivity index (χ3n) is 2.93. The van der Waals surface area contributed by atoms with E-state index in [2.05, 4.69) is 18.2 Å². The molecule has 0 spiro atoms. The summed E-state index contributed by atoms with van der Waals surface area (Å²) in [6.07, 6.45) is 1.30. The molecule has 84 valence electrons. The van der Waals surface area contributed by atoms with Crippen molar-refractivity contribution in [1.29, 1.82) is 0 Å². The number of carboxylic acids is 1. The first-order chi connectivity index (χ1) is 8.16. The predicted molar refractivity (Wildman–Crippen MR) is 69.2 cm³/mol. The SMILES string of the molecule is Cc1ccc2c(c1)/C(=C\C(=O)O)c1ccsc1-2. The van der Waals surface area contributed by atoms with Crippen molar-refractivity contribution in [3.05, 3.63) is 52.4 Å². The van der Waals surface area contributed by atoms with Crippen molar-refractivity contribution in [3.8, 4) is 10.4 Å². The van der Waals surface area contributed by atoms with Gasteiger partial charge in [-0.1, -0.05) is 23.8 Å². The Morgan fingerprint density at radius 3 is 2.82 bits per heavy atom. The first-order valence-corrected chi connectivity index (χ1v) is 6.18. The number of aryl methyl sites for hydroxylation is 1. The fraction of sp³-hybridized carbons (Fsp3) is 0.0714. The molecule has 17 heavy (non-hydrogen) atoms. The van der Waals surface area contributed by atoms with Crippen LogP contribution in [0.15, 0.2) is 35.7 Å². The van der Waals surface area contributed by atoms with Crippen LogP contribution in [0.1, 0.15) is 16.7 Å². The standard InChI is InChI=1S/C14H10O2S/c1-8-2-3-9-11(6-8)12(7-13(15)16)10-4-5-17-14(9)10/h2-7H,1H3,(H,15,16)/b12-7-. The van der Waals surface area contributed by atoms with E-state index in [1.807, 2.05) is 18.4 Å². The topological polar surface area (TPSA) is 37.3 Å². The summed E-state index contributed by atoms with van der Waals surface area (Å²) in [6, 6.07) is 8.18. The molecule has 0 bridgehead atoms. The maximum absolute atomic E-state index is 10.9. The van der Waals surface area contributed by atoms with E-state index in [1.54, 1.807) is 11.3 Å². The Hall–Kier alpha value is -1.87. The fourth-order valence-electron chi connectivity index (χ4n) is 2.23. The summed E-state index contributed by atoms with van der Waals surface area (Å²) in [4.78, 5) is 12.1. The molecule has 2 aromatic rings. The normalized spacial score (nSPS) is 14.8. The molecule has 0 atom stereocenters. The molecule has 0 saturated carbocycles. The second kappa shape index (κ2) is 3.57. The van der Waals surface area contributed by atoms with Gasteiger partial charge in [0.15, 0.2) is 0 Å². The maximum atomic E-state index is 10.9. The number of hydrogen-bond acceptors (Lipinski definition) is 2. The van der Waals surface area contributed by atoms with E-state index in [-0.39, 0.29) is 0 Å². The quantitative estimate of drug-likeness (QED) is 0.662. The van der Waals surface area contributed by atoms with Gasteiger partial charge < -0.3 is 5.11 Å². The third-order valence-corrected chi connectivity index (χ3v) is 3.88. The van der Waals surface area contributed by atoms with Gasteiger partial charge in [0.25, 0.3) is 0 Å². The van der Waals surface area contributed by atoms with Crippen LogP contribution >= 0.6 is 11.3 Å². The summed E-state index contributed by atoms with van der Waals surface area (Å²) >= 11 is 1.66. The lowest BCUT2D eigenvalue weighted by atomic mass is 10.0. The number of aliphatic carboxylic acids is 1. The Balaban J connectivity index is 2.33. The smallest absolute Gasteiger partial charge is 0.328 e. The highest BCUT2D eigenvalue weighted by molar-refractivity contribution is 7.14. The molecule has 1 heterocycles. The van der Waals surface area contributed by atoms with Gasteiger partial charge >= 0.3 is 5.97 Å². The maximum Gasteiger partial charge on any atom is 0.328 e. The molecule has 0 unspecified atom stereocenters. The van der Waals surface area contributed by atoms with Crippen molar-refractivity contribution in [3.63, 3.8) is 0 Å². The van der Waals surface area contributed by atoms with Crippen molar-refractivity contribution >= 4 is 22.9 Å². The number of carbonyl (C=O) groups is 1. The van der Waals surface area contributed by atoms with Gasteiger partial charge in [-0.2, -0.15) is 0 Å². The van der Waals surface area contributed by atoms with Gasteiger partial charge in [-0.3, -0.25) is 0 Å². The molecule has 0 aliphatic heterocycles. The molecule has 1 N–H and O–H groups in total. The van der Waals surface area contributed by atoms with Crippen LogP contribution in [-0.4, -0.2) is 11.1 Å².